The number of benzene rings is 2. The van der Waals surface area contributed by atoms with E-state index in [1.165, 1.54) is 0 Å². The fraction of sp³-hybridized carbons (Fsp3) is 0.400. The lowest BCUT2D eigenvalue weighted by Gasteiger charge is -2.60. The molecule has 1 spiro atoms. The molecule has 52 heavy (non-hydrogen) atoms. The summed E-state index contributed by atoms with van der Waals surface area (Å²) < 4.78 is 11.6. The number of ether oxygens (including phenoxy) is 2. The smallest absolute Gasteiger partial charge is 0.219 e. The van der Waals surface area contributed by atoms with Crippen LogP contribution in [0.25, 0.3) is 33.6 Å². The van der Waals surface area contributed by atoms with E-state index in [0.717, 1.165) is 104 Å². The average Bonchev–Trinajstić information content (AvgIpc) is 3.10. The average molecular weight is 744 g/mol. The zero-order valence-corrected chi connectivity index (χ0v) is 31.6. The fourth-order valence-electron chi connectivity index (χ4n) is 7.93. The van der Waals surface area contributed by atoms with Gasteiger partial charge in [0.25, 0.3) is 0 Å². The molecule has 3 aliphatic heterocycles. The van der Waals surface area contributed by atoms with Gasteiger partial charge in [-0.2, -0.15) is 0 Å². The summed E-state index contributed by atoms with van der Waals surface area (Å²) in [4.78, 5) is 39.3. The predicted octanol–water partition coefficient (Wildman–Crippen LogP) is 6.57. The molecule has 2 aromatic carbocycles. The van der Waals surface area contributed by atoms with Crippen LogP contribution < -0.4 is 14.8 Å². The lowest BCUT2D eigenvalue weighted by Crippen LogP contribution is -2.72. The van der Waals surface area contributed by atoms with Gasteiger partial charge in [-0.25, -0.2) is 4.98 Å². The Morgan fingerprint density at radius 3 is 2.23 bits per heavy atom. The van der Waals surface area contributed by atoms with Gasteiger partial charge in [0.15, 0.2) is 0 Å². The minimum absolute atomic E-state index is 0.0236. The van der Waals surface area contributed by atoms with Gasteiger partial charge in [-0.15, -0.1) is 0 Å². The highest BCUT2D eigenvalue weighted by molar-refractivity contribution is 6.39. The zero-order chi connectivity index (χ0) is 36.6. The number of hydrogen-bond acceptors (Lipinski definition) is 8. The molecule has 4 aromatic rings. The standard InChI is InChI=1S/C40H44Cl2N6O4/c1-25(49)44-30-13-16-46(17-14-30)19-28-9-8-27(18-35(28)51-3)38-37(42)32(12-15-43-38)31-6-5-7-33(36(31)41)34-11-10-29(39(45-34)52-4)20-47-21-40(22-47)23-48(24-40)26(2)50/h5-12,15,18,30H,13-14,16-17,19-24H2,1-4H3,(H,44,49). The lowest BCUT2D eigenvalue weighted by atomic mass is 9.72. The van der Waals surface area contributed by atoms with Crippen molar-refractivity contribution in [3.8, 4) is 45.3 Å². The van der Waals surface area contributed by atoms with Gasteiger partial charge in [0, 0.05) is 117 Å². The van der Waals surface area contributed by atoms with Crippen molar-refractivity contribution in [3.63, 3.8) is 0 Å². The Labute approximate surface area is 315 Å². The molecule has 12 heteroatoms. The SMILES string of the molecule is COc1cc(-c2nccc(-c3cccc(-c4ccc(CN5CC6(C5)CN(C(C)=O)C6)c(OC)n4)c3Cl)c2Cl)ccc1CN1CCC(NC(C)=O)CC1. The first-order valence-electron chi connectivity index (χ1n) is 17.7. The van der Waals surface area contributed by atoms with Crippen molar-refractivity contribution < 1.29 is 19.1 Å². The first-order valence-corrected chi connectivity index (χ1v) is 18.4. The molecule has 0 bridgehead atoms. The summed E-state index contributed by atoms with van der Waals surface area (Å²) in [7, 11) is 3.32. The number of nitrogens with zero attached hydrogens (tertiary/aromatic N) is 5. The highest BCUT2D eigenvalue weighted by Gasteiger charge is 2.52. The topological polar surface area (TPSA) is 100 Å². The minimum Gasteiger partial charge on any atom is -0.496 e. The van der Waals surface area contributed by atoms with Crippen LogP contribution in [0, 0.1) is 5.41 Å². The van der Waals surface area contributed by atoms with E-state index in [4.69, 9.17) is 37.7 Å². The summed E-state index contributed by atoms with van der Waals surface area (Å²) in [5, 5.41) is 4.06. The highest BCUT2D eigenvalue weighted by Crippen LogP contribution is 2.43. The van der Waals surface area contributed by atoms with Crippen LogP contribution in [0.1, 0.15) is 37.8 Å². The van der Waals surface area contributed by atoms with E-state index in [2.05, 4.69) is 32.2 Å². The van der Waals surface area contributed by atoms with Gasteiger partial charge >= 0.3 is 0 Å². The Morgan fingerprint density at radius 2 is 1.54 bits per heavy atom. The van der Waals surface area contributed by atoms with Gasteiger partial charge in [-0.1, -0.05) is 59.6 Å². The Kier molecular flexibility index (Phi) is 10.4. The number of piperidine rings is 1. The molecule has 2 amide bonds. The number of carbonyl (C=O) groups excluding carboxylic acids is 2. The third kappa shape index (κ3) is 7.35. The minimum atomic E-state index is 0.0236. The Hall–Kier alpha value is -4.22. The van der Waals surface area contributed by atoms with E-state index >= 15 is 0 Å². The van der Waals surface area contributed by atoms with Crippen molar-refractivity contribution in [2.45, 2.75) is 45.8 Å². The molecule has 5 heterocycles. The van der Waals surface area contributed by atoms with Crippen molar-refractivity contribution in [2.24, 2.45) is 5.41 Å². The second kappa shape index (κ2) is 15.0. The van der Waals surface area contributed by atoms with Crippen LogP contribution in [0.5, 0.6) is 11.6 Å². The number of hydrogen-bond donors (Lipinski definition) is 1. The fourth-order valence-corrected chi connectivity index (χ4v) is 8.58. The number of methoxy groups -OCH3 is 2. The second-order valence-corrected chi connectivity index (χ2v) is 15.1. The number of carbonyl (C=O) groups is 2. The summed E-state index contributed by atoms with van der Waals surface area (Å²) in [6.45, 7) is 10.1. The van der Waals surface area contributed by atoms with E-state index < -0.39 is 0 Å². The molecule has 0 unspecified atom stereocenters. The van der Waals surface area contributed by atoms with Crippen LogP contribution in [0.3, 0.4) is 0 Å². The van der Waals surface area contributed by atoms with Crippen LogP contribution in [-0.4, -0.2) is 96.0 Å². The summed E-state index contributed by atoms with van der Waals surface area (Å²) in [5.74, 6) is 1.51. The van der Waals surface area contributed by atoms with Crippen LogP contribution in [0.2, 0.25) is 10.0 Å². The van der Waals surface area contributed by atoms with Gasteiger partial charge in [0.05, 0.1) is 35.7 Å². The molecule has 272 valence electrons. The highest BCUT2D eigenvalue weighted by atomic mass is 35.5. The van der Waals surface area contributed by atoms with Crippen LogP contribution in [0.15, 0.2) is 60.8 Å². The van der Waals surface area contributed by atoms with Gasteiger partial charge in [0.1, 0.15) is 5.75 Å². The molecule has 0 atom stereocenters. The third-order valence-corrected chi connectivity index (χ3v) is 11.3. The van der Waals surface area contributed by atoms with Crippen molar-refractivity contribution in [1.82, 2.24) is 30.0 Å². The second-order valence-electron chi connectivity index (χ2n) is 14.4. The van der Waals surface area contributed by atoms with Crippen molar-refractivity contribution in [1.29, 1.82) is 0 Å². The van der Waals surface area contributed by atoms with E-state index in [-0.39, 0.29) is 23.3 Å². The number of halogens is 2. The zero-order valence-electron chi connectivity index (χ0n) is 30.0. The van der Waals surface area contributed by atoms with Crippen LogP contribution in [0.4, 0.5) is 0 Å². The van der Waals surface area contributed by atoms with E-state index in [1.54, 1.807) is 34.3 Å². The summed E-state index contributed by atoms with van der Waals surface area (Å²) >= 11 is 14.3. The molecule has 0 saturated carbocycles. The Bertz CT molecular complexity index is 1990. The maximum Gasteiger partial charge on any atom is 0.219 e. The van der Waals surface area contributed by atoms with E-state index in [9.17, 15) is 9.59 Å². The van der Waals surface area contributed by atoms with Gasteiger partial charge < -0.3 is 19.7 Å². The molecule has 0 radical (unpaired) electrons. The molecule has 2 aromatic heterocycles. The molecular formula is C40H44Cl2N6O4. The number of nitrogens with one attached hydrogen (secondary N) is 1. The number of aromatic nitrogens is 2. The molecule has 10 nitrogen and oxygen atoms in total. The number of likely N-dealkylation sites (tertiary alicyclic amines) is 3. The summed E-state index contributed by atoms with van der Waals surface area (Å²) in [5.41, 5.74) is 6.80. The number of pyridine rings is 2. The molecule has 3 saturated heterocycles. The van der Waals surface area contributed by atoms with Crippen LogP contribution >= 0.6 is 23.2 Å². The predicted molar refractivity (Wildman–Crippen MR) is 204 cm³/mol. The number of rotatable bonds is 10. The monoisotopic (exact) mass is 742 g/mol. The van der Waals surface area contributed by atoms with Crippen molar-refractivity contribution >= 4 is 35.0 Å². The normalized spacial score (nSPS) is 17.4. The third-order valence-electron chi connectivity index (χ3n) is 10.5. The molecule has 3 aliphatic rings. The number of amides is 2. The summed E-state index contributed by atoms with van der Waals surface area (Å²) in [6, 6.07) is 18.1. The van der Waals surface area contributed by atoms with E-state index in [1.807, 2.05) is 47.4 Å². The maximum absolute atomic E-state index is 11.6. The quantitative estimate of drug-likeness (QED) is 0.195. The Balaban J connectivity index is 1.08. The first-order chi connectivity index (χ1) is 25.1. The molecule has 1 N–H and O–H groups in total. The van der Waals surface area contributed by atoms with E-state index in [0.29, 0.717) is 27.3 Å². The molecular weight excluding hydrogens is 699 g/mol. The maximum atomic E-state index is 11.6. The first kappa shape index (κ1) is 36.2. The van der Waals surface area contributed by atoms with Gasteiger partial charge in [-0.05, 0) is 31.0 Å². The lowest BCUT2D eigenvalue weighted by molar-refractivity contribution is -0.157. The summed E-state index contributed by atoms with van der Waals surface area (Å²) in [6.07, 6.45) is 3.60. The van der Waals surface area contributed by atoms with Crippen molar-refractivity contribution in [2.75, 3.05) is 53.5 Å². The molecule has 0 aliphatic carbocycles. The van der Waals surface area contributed by atoms with Gasteiger partial charge in [-0.3, -0.25) is 24.4 Å². The molecule has 3 fully saturated rings. The van der Waals surface area contributed by atoms with Gasteiger partial charge in [0.2, 0.25) is 17.7 Å². The Morgan fingerprint density at radius 1 is 0.846 bits per heavy atom. The molecule has 7 rings (SSSR count). The largest absolute Gasteiger partial charge is 0.496 e. The van der Waals surface area contributed by atoms with Crippen molar-refractivity contribution in [3.05, 3.63) is 82.0 Å². The van der Waals surface area contributed by atoms with Crippen LogP contribution in [-0.2, 0) is 22.7 Å².